The summed E-state index contributed by atoms with van der Waals surface area (Å²) in [6, 6.07) is 12.8. The van der Waals surface area contributed by atoms with Crippen LogP contribution in [0.2, 0.25) is 0 Å². The average molecular weight is 420 g/mol. The molecule has 0 saturated carbocycles. The number of anilines is 2. The minimum atomic E-state index is -0.523. The van der Waals surface area contributed by atoms with Crippen LogP contribution in [0.4, 0.5) is 21.0 Å². The predicted molar refractivity (Wildman–Crippen MR) is 106 cm³/mol. The summed E-state index contributed by atoms with van der Waals surface area (Å²) in [5.41, 5.74) is 2.99. The summed E-state index contributed by atoms with van der Waals surface area (Å²) < 4.78 is 5.84. The van der Waals surface area contributed by atoms with E-state index in [2.05, 4.69) is 26.6 Å². The van der Waals surface area contributed by atoms with Crippen molar-refractivity contribution >= 4 is 39.4 Å². The lowest BCUT2D eigenvalue weighted by Crippen LogP contribution is -2.31. The van der Waals surface area contributed by atoms with E-state index in [0.717, 1.165) is 15.6 Å². The molecule has 0 unspecified atom stereocenters. The molecule has 3 amide bonds. The van der Waals surface area contributed by atoms with Gasteiger partial charge in [0.25, 0.3) is 0 Å². The first-order chi connectivity index (χ1) is 12.4. The van der Waals surface area contributed by atoms with Gasteiger partial charge >= 0.3 is 12.1 Å². The molecule has 2 aromatic carbocycles. The van der Waals surface area contributed by atoms with E-state index in [9.17, 15) is 9.59 Å². The van der Waals surface area contributed by atoms with Gasteiger partial charge in [0, 0.05) is 29.4 Å². The van der Waals surface area contributed by atoms with E-state index >= 15 is 0 Å². The van der Waals surface area contributed by atoms with Crippen LogP contribution in [-0.2, 0) is 11.3 Å². The zero-order chi connectivity index (χ0) is 19.1. The lowest BCUT2D eigenvalue weighted by Gasteiger charge is -2.20. The van der Waals surface area contributed by atoms with Crippen LogP contribution in [0, 0.1) is 6.92 Å². The Hall–Kier alpha value is -2.54. The fraction of sp³-hybridized carbons (Fsp3) is 0.263. The van der Waals surface area contributed by atoms with Gasteiger partial charge in [0.1, 0.15) is 0 Å². The van der Waals surface area contributed by atoms with E-state index in [1.807, 2.05) is 31.2 Å². The molecule has 2 rings (SSSR count). The third kappa shape index (κ3) is 5.23. The Morgan fingerprint density at radius 1 is 1.08 bits per heavy atom. The summed E-state index contributed by atoms with van der Waals surface area (Å²) in [7, 11) is 1.73. The first-order valence-electron chi connectivity index (χ1n) is 8.21. The zero-order valence-electron chi connectivity index (χ0n) is 15.0. The Kier molecular flexibility index (Phi) is 7.03. The molecule has 0 aromatic heterocycles. The van der Waals surface area contributed by atoms with Gasteiger partial charge in [0.15, 0.2) is 0 Å². The molecule has 2 aromatic rings. The summed E-state index contributed by atoms with van der Waals surface area (Å²) >= 11 is 3.49. The first-order valence-corrected chi connectivity index (χ1v) is 9.00. The number of hydrogen-bond donors (Lipinski definition) is 2. The molecule has 0 bridgehead atoms. The molecule has 26 heavy (non-hydrogen) atoms. The highest BCUT2D eigenvalue weighted by atomic mass is 79.9. The second kappa shape index (κ2) is 9.24. The zero-order valence-corrected chi connectivity index (χ0v) is 16.6. The number of benzene rings is 2. The van der Waals surface area contributed by atoms with E-state index < -0.39 is 6.09 Å². The van der Waals surface area contributed by atoms with Gasteiger partial charge in [0.2, 0.25) is 0 Å². The van der Waals surface area contributed by atoms with Crippen LogP contribution in [0.15, 0.2) is 46.9 Å². The lowest BCUT2D eigenvalue weighted by atomic mass is 10.1. The van der Waals surface area contributed by atoms with Crippen molar-refractivity contribution in [2.75, 3.05) is 24.3 Å². The van der Waals surface area contributed by atoms with Crippen LogP contribution >= 0.6 is 15.9 Å². The van der Waals surface area contributed by atoms with Gasteiger partial charge in [-0.3, -0.25) is 5.32 Å². The number of nitrogens with zero attached hydrogens (tertiary/aromatic N) is 1. The minimum absolute atomic E-state index is 0.239. The monoisotopic (exact) mass is 419 g/mol. The van der Waals surface area contributed by atoms with Crippen molar-refractivity contribution in [3.05, 3.63) is 58.1 Å². The summed E-state index contributed by atoms with van der Waals surface area (Å²) in [6.45, 7) is 4.32. The highest BCUT2D eigenvalue weighted by molar-refractivity contribution is 9.10. The summed E-state index contributed by atoms with van der Waals surface area (Å²) in [6.07, 6.45) is -0.523. The smallest absolute Gasteiger partial charge is 0.411 e. The number of rotatable bonds is 5. The van der Waals surface area contributed by atoms with Crippen LogP contribution < -0.4 is 10.6 Å². The van der Waals surface area contributed by atoms with Crippen molar-refractivity contribution in [1.29, 1.82) is 0 Å². The van der Waals surface area contributed by atoms with Crippen LogP contribution in [0.1, 0.15) is 18.1 Å². The molecule has 0 radical (unpaired) electrons. The molecule has 138 valence electrons. The van der Waals surface area contributed by atoms with E-state index in [-0.39, 0.29) is 6.03 Å². The summed E-state index contributed by atoms with van der Waals surface area (Å²) in [4.78, 5) is 25.7. The maximum atomic E-state index is 12.5. The molecule has 6 nitrogen and oxygen atoms in total. The van der Waals surface area contributed by atoms with Crippen LogP contribution in [-0.4, -0.2) is 30.7 Å². The molecule has 0 aliphatic carbocycles. The van der Waals surface area contributed by atoms with Gasteiger partial charge in [-0.05, 0) is 43.2 Å². The quantitative estimate of drug-likeness (QED) is 0.716. The molecule has 0 aliphatic heterocycles. The van der Waals surface area contributed by atoms with E-state index in [1.54, 1.807) is 37.1 Å². The van der Waals surface area contributed by atoms with Crippen LogP contribution in [0.5, 0.6) is 0 Å². The topological polar surface area (TPSA) is 70.7 Å². The van der Waals surface area contributed by atoms with Gasteiger partial charge in [-0.2, -0.15) is 0 Å². The average Bonchev–Trinajstić information content (AvgIpc) is 2.60. The number of amides is 3. The SMILES string of the molecule is CCOC(=O)Nc1cccc(NC(=O)N(C)Cc2ccccc2Br)c1C. The predicted octanol–water partition coefficient (Wildman–Crippen LogP) is 4.99. The van der Waals surface area contributed by atoms with Crippen molar-refractivity contribution in [3.63, 3.8) is 0 Å². The molecular formula is C19H22BrN3O3. The fourth-order valence-electron chi connectivity index (χ4n) is 2.35. The Morgan fingerprint density at radius 2 is 1.73 bits per heavy atom. The second-order valence-corrected chi connectivity index (χ2v) is 6.56. The minimum Gasteiger partial charge on any atom is -0.450 e. The largest absolute Gasteiger partial charge is 0.450 e. The van der Waals surface area contributed by atoms with Crippen molar-refractivity contribution in [3.8, 4) is 0 Å². The lowest BCUT2D eigenvalue weighted by molar-refractivity contribution is 0.168. The number of hydrogen-bond acceptors (Lipinski definition) is 3. The molecule has 0 saturated heterocycles. The van der Waals surface area contributed by atoms with Crippen LogP contribution in [0.3, 0.4) is 0 Å². The van der Waals surface area contributed by atoms with Gasteiger partial charge in [-0.15, -0.1) is 0 Å². The molecule has 2 N–H and O–H groups in total. The van der Waals surface area contributed by atoms with Crippen molar-refractivity contribution < 1.29 is 14.3 Å². The van der Waals surface area contributed by atoms with Gasteiger partial charge in [0.05, 0.1) is 6.61 Å². The maximum Gasteiger partial charge on any atom is 0.411 e. The number of halogens is 1. The number of carbonyl (C=O) groups excluding carboxylic acids is 2. The van der Waals surface area contributed by atoms with Crippen molar-refractivity contribution in [2.45, 2.75) is 20.4 Å². The maximum absolute atomic E-state index is 12.5. The third-order valence-corrected chi connectivity index (χ3v) is 4.57. The van der Waals surface area contributed by atoms with Gasteiger partial charge < -0.3 is 15.0 Å². The number of urea groups is 1. The van der Waals surface area contributed by atoms with E-state index in [0.29, 0.717) is 24.5 Å². The highest BCUT2D eigenvalue weighted by Crippen LogP contribution is 2.24. The highest BCUT2D eigenvalue weighted by Gasteiger charge is 2.14. The van der Waals surface area contributed by atoms with Crippen molar-refractivity contribution in [1.82, 2.24) is 4.90 Å². The molecule has 0 atom stereocenters. The second-order valence-electron chi connectivity index (χ2n) is 5.70. The Bertz CT molecular complexity index is 795. The molecule has 7 heteroatoms. The van der Waals surface area contributed by atoms with E-state index in [4.69, 9.17) is 4.74 Å². The normalized spacial score (nSPS) is 10.2. The van der Waals surface area contributed by atoms with Crippen LogP contribution in [0.25, 0.3) is 0 Å². The number of carbonyl (C=O) groups is 2. The van der Waals surface area contributed by atoms with E-state index in [1.165, 1.54) is 0 Å². The summed E-state index contributed by atoms with van der Waals surface area (Å²) in [5.74, 6) is 0. The first kappa shape index (κ1) is 19.8. The molecule has 0 aliphatic rings. The Balaban J connectivity index is 2.06. The molecule has 0 fully saturated rings. The molecule has 0 spiro atoms. The van der Waals surface area contributed by atoms with Crippen molar-refractivity contribution in [2.24, 2.45) is 0 Å². The molecular weight excluding hydrogens is 398 g/mol. The third-order valence-electron chi connectivity index (χ3n) is 3.80. The Labute approximate surface area is 161 Å². The molecule has 0 heterocycles. The Morgan fingerprint density at radius 3 is 2.38 bits per heavy atom. The van der Waals surface area contributed by atoms with Gasteiger partial charge in [-0.1, -0.05) is 40.2 Å². The summed E-state index contributed by atoms with van der Waals surface area (Å²) in [5, 5.41) is 5.54. The number of ether oxygens (including phenoxy) is 1. The van der Waals surface area contributed by atoms with Gasteiger partial charge in [-0.25, -0.2) is 9.59 Å². The number of nitrogens with one attached hydrogen (secondary N) is 2. The standard InChI is InChI=1S/C19H22BrN3O3/c1-4-26-19(25)22-17-11-7-10-16(13(17)2)21-18(24)23(3)12-14-8-5-6-9-15(14)20/h5-11H,4,12H2,1-3H3,(H,21,24)(H,22,25). The fourth-order valence-corrected chi connectivity index (χ4v) is 2.76.